The summed E-state index contributed by atoms with van der Waals surface area (Å²) < 4.78 is 0. The second kappa shape index (κ2) is 16.0. The van der Waals surface area contributed by atoms with E-state index in [2.05, 4.69) is 132 Å². The van der Waals surface area contributed by atoms with Crippen LogP contribution in [0.3, 0.4) is 0 Å². The van der Waals surface area contributed by atoms with Gasteiger partial charge in [-0.05, 0) is 43.9 Å². The van der Waals surface area contributed by atoms with Crippen molar-refractivity contribution in [2.24, 2.45) is 0 Å². The number of aromatic nitrogens is 6. The summed E-state index contributed by atoms with van der Waals surface area (Å²) in [5.74, 6) is 0.998. The van der Waals surface area contributed by atoms with E-state index in [4.69, 9.17) is 29.9 Å². The molecule has 0 atom stereocenters. The molecule has 0 spiro atoms. The lowest BCUT2D eigenvalue weighted by atomic mass is 9.86. The molecule has 290 valence electrons. The molecule has 0 unspecified atom stereocenters. The molecule has 0 saturated carbocycles. The van der Waals surface area contributed by atoms with E-state index in [1.54, 1.807) is 0 Å². The van der Waals surface area contributed by atoms with Crippen LogP contribution < -0.4 is 0 Å². The Kier molecular flexibility index (Phi) is 11.9. The van der Waals surface area contributed by atoms with E-state index in [1.807, 2.05) is 62.4 Å². The summed E-state index contributed by atoms with van der Waals surface area (Å²) in [4.78, 5) is 43.5. The van der Waals surface area contributed by atoms with Gasteiger partial charge in [0.15, 0.2) is 23.3 Å². The van der Waals surface area contributed by atoms with E-state index in [9.17, 15) is 4.79 Å². The number of carbonyl (C=O) groups excluding carboxylic acids is 1. The second-order valence-electron chi connectivity index (χ2n) is 18.3. The van der Waals surface area contributed by atoms with Gasteiger partial charge in [0.2, 0.25) is 11.6 Å². The van der Waals surface area contributed by atoms with Gasteiger partial charge in [0.25, 0.3) is 5.78 Å². The smallest absolute Gasteiger partial charge is 0.267 e. The van der Waals surface area contributed by atoms with Crippen molar-refractivity contribution >= 4 is 5.78 Å². The summed E-state index contributed by atoms with van der Waals surface area (Å²) in [6.07, 6.45) is 0. The van der Waals surface area contributed by atoms with Gasteiger partial charge in [0.1, 0.15) is 0 Å². The van der Waals surface area contributed by atoms with Crippen molar-refractivity contribution in [3.05, 3.63) is 131 Å². The minimum atomic E-state index is -0.514. The van der Waals surface area contributed by atoms with Crippen LogP contribution in [-0.4, -0.2) is 35.7 Å². The van der Waals surface area contributed by atoms with Crippen LogP contribution in [0.1, 0.15) is 136 Å². The highest BCUT2D eigenvalue weighted by Gasteiger charge is 2.24. The lowest BCUT2D eigenvalue weighted by Gasteiger charge is -2.19. The van der Waals surface area contributed by atoms with Crippen molar-refractivity contribution < 1.29 is 4.79 Å². The molecule has 0 aliphatic heterocycles. The van der Waals surface area contributed by atoms with Gasteiger partial charge in [-0.1, -0.05) is 194 Å². The maximum absolute atomic E-state index is 14.6. The molecule has 7 nitrogen and oxygen atoms in total. The predicted octanol–water partition coefficient (Wildman–Crippen LogP) is 12.2. The number of hydrogen-bond donors (Lipinski definition) is 0. The molecule has 0 radical (unpaired) electrons. The number of benzene rings is 4. The van der Waals surface area contributed by atoms with Crippen molar-refractivity contribution in [1.82, 2.24) is 29.9 Å². The molecule has 0 N–H and O–H groups in total. The van der Waals surface area contributed by atoms with Crippen LogP contribution in [0, 0.1) is 0 Å². The lowest BCUT2D eigenvalue weighted by molar-refractivity contribution is 0.101. The monoisotopic (exact) mass is 746 g/mol. The molecule has 0 bridgehead atoms. The predicted molar refractivity (Wildman–Crippen MR) is 231 cm³/mol. The van der Waals surface area contributed by atoms with Gasteiger partial charge in [0.05, 0.1) is 0 Å². The summed E-state index contributed by atoms with van der Waals surface area (Å²) >= 11 is 0. The Balaban J connectivity index is 0.00000295. The first-order valence-corrected chi connectivity index (χ1v) is 19.7. The van der Waals surface area contributed by atoms with Crippen molar-refractivity contribution in [3.63, 3.8) is 0 Å². The third-order valence-corrected chi connectivity index (χ3v) is 9.71. The van der Waals surface area contributed by atoms with Gasteiger partial charge in [-0.25, -0.2) is 29.9 Å². The second-order valence-corrected chi connectivity index (χ2v) is 18.3. The molecule has 0 amide bonds. The van der Waals surface area contributed by atoms with Crippen molar-refractivity contribution in [3.8, 4) is 45.6 Å². The fourth-order valence-corrected chi connectivity index (χ4v) is 6.05. The van der Waals surface area contributed by atoms with Crippen LogP contribution in [-0.2, 0) is 21.7 Å². The lowest BCUT2D eigenvalue weighted by Crippen LogP contribution is -2.16. The average molecular weight is 747 g/mol. The highest BCUT2D eigenvalue weighted by atomic mass is 16.1. The number of hydrogen-bond acceptors (Lipinski definition) is 7. The van der Waals surface area contributed by atoms with Gasteiger partial charge in [-0.15, -0.1) is 0 Å². The van der Waals surface area contributed by atoms with Crippen LogP contribution in [0.5, 0.6) is 0 Å². The zero-order valence-corrected chi connectivity index (χ0v) is 35.8. The Labute approximate surface area is 334 Å². The van der Waals surface area contributed by atoms with E-state index in [1.165, 1.54) is 22.3 Å². The fraction of sp³-hybridized carbons (Fsp3) is 0.367. The Morgan fingerprint density at radius 1 is 0.321 bits per heavy atom. The summed E-state index contributed by atoms with van der Waals surface area (Å²) in [6, 6.07) is 32.6. The number of nitrogens with zero attached hydrogens (tertiary/aromatic N) is 6. The molecule has 2 aromatic heterocycles. The first kappa shape index (κ1) is 41.7. The van der Waals surface area contributed by atoms with E-state index in [0.717, 1.165) is 22.3 Å². The Morgan fingerprint density at radius 2 is 0.500 bits per heavy atom. The molecule has 7 heteroatoms. The average Bonchev–Trinajstić information content (AvgIpc) is 3.17. The van der Waals surface area contributed by atoms with Gasteiger partial charge < -0.3 is 0 Å². The van der Waals surface area contributed by atoms with E-state index >= 15 is 0 Å². The molecule has 6 rings (SSSR count). The zero-order valence-electron chi connectivity index (χ0n) is 35.8. The Morgan fingerprint density at radius 3 is 0.661 bits per heavy atom. The zero-order chi connectivity index (χ0) is 41.2. The van der Waals surface area contributed by atoms with Gasteiger partial charge in [0, 0.05) is 22.3 Å². The highest BCUT2D eigenvalue weighted by molar-refractivity contribution is 6.04. The highest BCUT2D eigenvalue weighted by Crippen LogP contribution is 2.31. The normalized spacial score (nSPS) is 12.2. The Hall–Kier alpha value is -5.43. The minimum Gasteiger partial charge on any atom is -0.281 e. The van der Waals surface area contributed by atoms with Crippen molar-refractivity contribution in [2.45, 2.75) is 119 Å². The molecule has 4 aromatic carbocycles. The molecule has 56 heavy (non-hydrogen) atoms. The summed E-state index contributed by atoms with van der Waals surface area (Å²) in [5, 5.41) is 0. The topological polar surface area (TPSA) is 94.4 Å². The molecular weight excluding hydrogens is 689 g/mol. The molecule has 6 aromatic rings. The molecule has 0 aliphatic rings. The first-order chi connectivity index (χ1) is 26.2. The van der Waals surface area contributed by atoms with E-state index < -0.39 is 5.78 Å². The molecule has 0 aliphatic carbocycles. The molecule has 0 fully saturated rings. The van der Waals surface area contributed by atoms with Gasteiger partial charge >= 0.3 is 0 Å². The molecular formula is C49H58N6O. The van der Waals surface area contributed by atoms with Crippen LogP contribution in [0.4, 0.5) is 0 Å². The largest absolute Gasteiger partial charge is 0.281 e. The van der Waals surface area contributed by atoms with Crippen LogP contribution >= 0.6 is 0 Å². The summed E-state index contributed by atoms with van der Waals surface area (Å²) in [6.45, 7) is 30.1. The first-order valence-electron chi connectivity index (χ1n) is 19.7. The number of ketones is 1. The fourth-order valence-electron chi connectivity index (χ4n) is 6.05. The summed E-state index contributed by atoms with van der Waals surface area (Å²) in [5.41, 5.74) is 7.78. The van der Waals surface area contributed by atoms with Crippen molar-refractivity contribution in [1.29, 1.82) is 0 Å². The molecule has 2 heterocycles. The standard InChI is InChI=1S/C47H52N6O.C2H6/c1-44(2,3)33-21-13-29(14-22-33)38-48-39(30-15-23-34(24-16-30)45(4,5)6)51-42(50-38)37(54)43-52-40(31-17-25-35(26-18-31)46(7,8)9)49-41(53-43)32-19-27-36(28-20-32)47(10,11)12;1-2/h13-28H,1-12H3;1-2H3. The van der Waals surface area contributed by atoms with Crippen LogP contribution in [0.2, 0.25) is 0 Å². The maximum atomic E-state index is 14.6. The van der Waals surface area contributed by atoms with E-state index in [-0.39, 0.29) is 33.3 Å². The quantitative estimate of drug-likeness (QED) is 0.157. The van der Waals surface area contributed by atoms with Gasteiger partial charge in [-0.3, -0.25) is 4.79 Å². The van der Waals surface area contributed by atoms with Crippen LogP contribution in [0.15, 0.2) is 97.1 Å². The summed E-state index contributed by atoms with van der Waals surface area (Å²) in [7, 11) is 0. The van der Waals surface area contributed by atoms with Crippen LogP contribution in [0.25, 0.3) is 45.6 Å². The SMILES string of the molecule is CC.CC(C)(C)c1ccc(-c2nc(C(=O)c3nc(-c4ccc(C(C)(C)C)cc4)nc(-c4ccc(C(C)(C)C)cc4)n3)nc(-c3ccc(C(C)(C)C)cc3)n2)cc1. The van der Waals surface area contributed by atoms with E-state index in [0.29, 0.717) is 23.3 Å². The molecule has 0 saturated heterocycles. The third-order valence-electron chi connectivity index (χ3n) is 9.71. The van der Waals surface area contributed by atoms with Crippen molar-refractivity contribution in [2.75, 3.05) is 0 Å². The third kappa shape index (κ3) is 9.68. The number of carbonyl (C=O) groups is 1. The minimum absolute atomic E-state index is 0.0209. The van der Waals surface area contributed by atoms with Gasteiger partial charge in [-0.2, -0.15) is 0 Å². The Bertz CT molecular complexity index is 1960. The maximum Gasteiger partial charge on any atom is 0.267 e. The number of rotatable bonds is 6.